The number of ether oxygens (including phenoxy) is 2. The van der Waals surface area contributed by atoms with E-state index in [2.05, 4.69) is 33.4 Å². The molecular formula is C28H23N3O4. The fourth-order valence-electron chi connectivity index (χ4n) is 7.10. The van der Waals surface area contributed by atoms with E-state index in [0.29, 0.717) is 13.0 Å². The van der Waals surface area contributed by atoms with Crippen LogP contribution in [0.4, 0.5) is 0 Å². The molecule has 5 aromatic rings. The lowest BCUT2D eigenvalue weighted by atomic mass is 9.93. The third-order valence-corrected chi connectivity index (χ3v) is 8.50. The second kappa shape index (κ2) is 6.04. The summed E-state index contributed by atoms with van der Waals surface area (Å²) >= 11 is 0. The maximum atomic E-state index is 13.6. The van der Waals surface area contributed by atoms with Gasteiger partial charge in [0, 0.05) is 41.6 Å². The van der Waals surface area contributed by atoms with Crippen LogP contribution >= 0.6 is 0 Å². The van der Waals surface area contributed by atoms with Crippen LogP contribution in [0.3, 0.4) is 0 Å². The van der Waals surface area contributed by atoms with Gasteiger partial charge in [-0.1, -0.05) is 36.4 Å². The number of carbonyl (C=O) groups is 2. The number of para-hydroxylation sites is 2. The summed E-state index contributed by atoms with van der Waals surface area (Å²) in [5, 5.41) is 4.16. The summed E-state index contributed by atoms with van der Waals surface area (Å²) in [6, 6.07) is 16.5. The lowest BCUT2D eigenvalue weighted by molar-refractivity contribution is -0.161. The quantitative estimate of drug-likeness (QED) is 0.331. The summed E-state index contributed by atoms with van der Waals surface area (Å²) < 4.78 is 16.6. The number of esters is 1. The molecule has 2 bridgehead atoms. The Hall–Kier alpha value is -3.84. The molecule has 5 heterocycles. The minimum atomic E-state index is -0.936. The maximum Gasteiger partial charge on any atom is 0.313 e. The molecule has 3 aliphatic rings. The molecule has 1 fully saturated rings. The molecule has 3 aliphatic heterocycles. The third kappa shape index (κ3) is 2.01. The van der Waals surface area contributed by atoms with E-state index in [0.717, 1.165) is 54.7 Å². The van der Waals surface area contributed by atoms with Gasteiger partial charge < -0.3 is 23.5 Å². The zero-order valence-electron chi connectivity index (χ0n) is 19.7. The van der Waals surface area contributed by atoms with E-state index in [1.54, 1.807) is 4.90 Å². The number of hydrogen-bond acceptors (Lipinski definition) is 4. The summed E-state index contributed by atoms with van der Waals surface area (Å²) in [6.07, 6.45) is 0.135. The number of amides is 1. The largest absolute Gasteiger partial charge is 0.469 e. The molecule has 8 rings (SSSR count). The minimum absolute atomic E-state index is 0.0515. The molecule has 0 saturated carbocycles. The normalized spacial score (nSPS) is 24.9. The summed E-state index contributed by atoms with van der Waals surface area (Å²) in [6.45, 7) is 2.56. The second-order valence-corrected chi connectivity index (χ2v) is 10.1. The molecule has 7 nitrogen and oxygen atoms in total. The Morgan fingerprint density at radius 3 is 2.46 bits per heavy atom. The molecule has 2 aromatic heterocycles. The summed E-state index contributed by atoms with van der Waals surface area (Å²) in [5.74, 6) is -0.692. The van der Waals surface area contributed by atoms with E-state index in [1.807, 2.05) is 38.2 Å². The predicted molar refractivity (Wildman–Crippen MR) is 132 cm³/mol. The monoisotopic (exact) mass is 465 g/mol. The highest BCUT2D eigenvalue weighted by atomic mass is 16.6. The Balaban J connectivity index is 1.72. The molecule has 35 heavy (non-hydrogen) atoms. The molecule has 1 unspecified atom stereocenters. The van der Waals surface area contributed by atoms with E-state index < -0.39 is 11.6 Å². The van der Waals surface area contributed by atoms with Crippen molar-refractivity contribution in [2.24, 2.45) is 5.92 Å². The highest BCUT2D eigenvalue weighted by Crippen LogP contribution is 2.56. The van der Waals surface area contributed by atoms with Crippen molar-refractivity contribution >= 4 is 55.5 Å². The first kappa shape index (κ1) is 19.5. The maximum absolute atomic E-state index is 13.6. The molecule has 3 aromatic carbocycles. The molecule has 7 heteroatoms. The first-order valence-electron chi connectivity index (χ1n) is 12.0. The van der Waals surface area contributed by atoms with Crippen LogP contribution in [0.2, 0.25) is 0 Å². The first-order chi connectivity index (χ1) is 17.0. The number of hydrogen-bond donors (Lipinski definition) is 0. The van der Waals surface area contributed by atoms with Crippen LogP contribution in [-0.4, -0.2) is 40.1 Å². The number of benzene rings is 3. The zero-order valence-corrected chi connectivity index (χ0v) is 19.7. The molecule has 0 N–H and O–H groups in total. The van der Waals surface area contributed by atoms with Crippen molar-refractivity contribution in [3.05, 3.63) is 59.7 Å². The smallest absolute Gasteiger partial charge is 0.313 e. The van der Waals surface area contributed by atoms with Crippen LogP contribution in [0.1, 0.15) is 35.5 Å². The number of carbonyl (C=O) groups excluding carboxylic acids is 2. The van der Waals surface area contributed by atoms with Crippen LogP contribution in [0.5, 0.6) is 0 Å². The van der Waals surface area contributed by atoms with Crippen molar-refractivity contribution < 1.29 is 19.1 Å². The van der Waals surface area contributed by atoms with Crippen molar-refractivity contribution in [3.63, 3.8) is 0 Å². The van der Waals surface area contributed by atoms with E-state index >= 15 is 0 Å². The number of fused-ring (bicyclic) bond motifs is 13. The van der Waals surface area contributed by atoms with Crippen LogP contribution in [-0.2, 0) is 26.5 Å². The van der Waals surface area contributed by atoms with E-state index in [9.17, 15) is 9.59 Å². The van der Waals surface area contributed by atoms with Crippen LogP contribution in [0, 0.1) is 5.92 Å². The SMILES string of the molecule is COC(=O)[C@@H]1CC2O[C@@]1(C)n1c3ccccc3c3c4c(c5c6ccccc6n2c5c31)C(=O)N(C)C4. The van der Waals surface area contributed by atoms with Crippen LogP contribution < -0.4 is 0 Å². The van der Waals surface area contributed by atoms with Crippen molar-refractivity contribution in [3.8, 4) is 0 Å². The molecule has 0 radical (unpaired) electrons. The van der Waals surface area contributed by atoms with E-state index in [-0.39, 0.29) is 18.1 Å². The Morgan fingerprint density at radius 2 is 1.71 bits per heavy atom. The Bertz CT molecular complexity index is 1810. The van der Waals surface area contributed by atoms with Gasteiger partial charge in [-0.05, 0) is 24.6 Å². The van der Waals surface area contributed by atoms with Gasteiger partial charge in [0.2, 0.25) is 0 Å². The predicted octanol–water partition coefficient (Wildman–Crippen LogP) is 4.88. The van der Waals surface area contributed by atoms with Crippen molar-refractivity contribution in [1.29, 1.82) is 0 Å². The average molecular weight is 466 g/mol. The van der Waals surface area contributed by atoms with Crippen molar-refractivity contribution in [2.75, 3.05) is 14.2 Å². The summed E-state index contributed by atoms with van der Waals surface area (Å²) in [4.78, 5) is 28.5. The van der Waals surface area contributed by atoms with Gasteiger partial charge in [-0.15, -0.1) is 0 Å². The Morgan fingerprint density at radius 1 is 1.03 bits per heavy atom. The zero-order chi connectivity index (χ0) is 23.8. The van der Waals surface area contributed by atoms with E-state index in [1.165, 1.54) is 7.11 Å². The molecule has 0 spiro atoms. The van der Waals surface area contributed by atoms with Gasteiger partial charge >= 0.3 is 5.97 Å². The molecule has 3 atom stereocenters. The third-order valence-electron chi connectivity index (χ3n) is 8.50. The van der Waals surface area contributed by atoms with Crippen molar-refractivity contribution in [1.82, 2.24) is 14.0 Å². The number of aromatic nitrogens is 2. The average Bonchev–Trinajstić information content (AvgIpc) is 3.55. The van der Waals surface area contributed by atoms with Crippen LogP contribution in [0.25, 0.3) is 43.6 Å². The molecule has 1 amide bonds. The topological polar surface area (TPSA) is 65.7 Å². The van der Waals surface area contributed by atoms with Gasteiger partial charge in [0.15, 0.2) is 5.72 Å². The molecule has 174 valence electrons. The van der Waals surface area contributed by atoms with Gasteiger partial charge in [0.25, 0.3) is 5.91 Å². The molecule has 0 aliphatic carbocycles. The lowest BCUT2D eigenvalue weighted by Crippen LogP contribution is -2.40. The lowest BCUT2D eigenvalue weighted by Gasteiger charge is -2.32. The molecule has 1 saturated heterocycles. The highest BCUT2D eigenvalue weighted by Gasteiger charge is 2.55. The van der Waals surface area contributed by atoms with E-state index in [4.69, 9.17) is 9.47 Å². The fraction of sp³-hybridized carbons (Fsp3) is 0.286. The van der Waals surface area contributed by atoms with Gasteiger partial charge in [-0.3, -0.25) is 9.59 Å². The van der Waals surface area contributed by atoms with Gasteiger partial charge in [-0.2, -0.15) is 0 Å². The first-order valence-corrected chi connectivity index (χ1v) is 12.0. The van der Waals surface area contributed by atoms with Gasteiger partial charge in [0.1, 0.15) is 12.1 Å². The summed E-state index contributed by atoms with van der Waals surface area (Å²) in [7, 11) is 3.31. The van der Waals surface area contributed by atoms with Gasteiger partial charge in [-0.25, -0.2) is 0 Å². The molecular weight excluding hydrogens is 442 g/mol. The standard InChI is InChI=1S/C28H23N3O4/c1-28-17(27(33)34-3)12-20(35-28)30-18-10-6-4-8-14(18)22-23-16(13-29(2)26(23)32)21-15-9-5-7-11-19(15)31(28)25(21)24(22)30/h4-11,17,20H,12-13H2,1-3H3/t17-,20?,28+/m0/s1. The Kier molecular flexibility index (Phi) is 3.36. The van der Waals surface area contributed by atoms with Gasteiger partial charge in [0.05, 0.1) is 34.7 Å². The number of methoxy groups -OCH3 is 1. The number of rotatable bonds is 1. The number of nitrogens with zero attached hydrogens (tertiary/aromatic N) is 3. The van der Waals surface area contributed by atoms with Crippen LogP contribution in [0.15, 0.2) is 48.5 Å². The minimum Gasteiger partial charge on any atom is -0.469 e. The summed E-state index contributed by atoms with van der Waals surface area (Å²) in [5.41, 5.74) is 4.95. The Labute approximate surface area is 200 Å². The fourth-order valence-corrected chi connectivity index (χ4v) is 7.10. The highest BCUT2D eigenvalue weighted by molar-refractivity contribution is 6.31. The second-order valence-electron chi connectivity index (χ2n) is 10.1. The van der Waals surface area contributed by atoms with Crippen molar-refractivity contribution in [2.45, 2.75) is 31.8 Å².